The van der Waals surface area contributed by atoms with Crippen molar-refractivity contribution in [3.8, 4) is 0 Å². The molecule has 20 heavy (non-hydrogen) atoms. The lowest BCUT2D eigenvalue weighted by Crippen LogP contribution is -2.03. The van der Waals surface area contributed by atoms with E-state index in [4.69, 9.17) is 4.74 Å². The Balaban J connectivity index is 0.000000641. The van der Waals surface area contributed by atoms with Crippen LogP contribution in [0.2, 0.25) is 0 Å². The number of nitrogens with zero attached hydrogens (tertiary/aromatic N) is 2. The number of rotatable bonds is 4. The SMILES string of the molecule is CC.CCCOCn1cc2cc(Br)ccc2n1.CSC. The van der Waals surface area contributed by atoms with Gasteiger partial charge in [-0.2, -0.15) is 16.9 Å². The van der Waals surface area contributed by atoms with E-state index in [2.05, 4.69) is 34.0 Å². The highest BCUT2D eigenvalue weighted by atomic mass is 79.9. The quantitative estimate of drug-likeness (QED) is 0.702. The van der Waals surface area contributed by atoms with E-state index in [1.807, 2.05) is 49.4 Å². The summed E-state index contributed by atoms with van der Waals surface area (Å²) in [5.41, 5.74) is 0.998. The zero-order chi connectivity index (χ0) is 15.4. The molecule has 0 fully saturated rings. The molecule has 5 heteroatoms. The van der Waals surface area contributed by atoms with Gasteiger partial charge < -0.3 is 4.74 Å². The molecule has 2 aromatic rings. The molecule has 114 valence electrons. The Morgan fingerprint density at radius 1 is 1.30 bits per heavy atom. The van der Waals surface area contributed by atoms with Crippen LogP contribution < -0.4 is 0 Å². The monoisotopic (exact) mass is 360 g/mol. The minimum atomic E-state index is 0.528. The molecule has 2 rings (SSSR count). The zero-order valence-electron chi connectivity index (χ0n) is 13.0. The molecule has 0 N–H and O–H groups in total. The summed E-state index contributed by atoms with van der Waals surface area (Å²) in [5, 5.41) is 5.53. The normalized spacial score (nSPS) is 9.50. The fourth-order valence-electron chi connectivity index (χ4n) is 1.42. The fraction of sp³-hybridized carbons (Fsp3) is 0.533. The molecule has 0 saturated carbocycles. The van der Waals surface area contributed by atoms with Crippen molar-refractivity contribution in [2.75, 3.05) is 19.1 Å². The Morgan fingerprint density at radius 3 is 2.55 bits per heavy atom. The van der Waals surface area contributed by atoms with Crippen LogP contribution in [0.15, 0.2) is 28.9 Å². The molecule has 1 heterocycles. The summed E-state index contributed by atoms with van der Waals surface area (Å²) in [6.07, 6.45) is 7.11. The summed E-state index contributed by atoms with van der Waals surface area (Å²) in [6.45, 7) is 7.40. The van der Waals surface area contributed by atoms with Crippen LogP contribution in [0.5, 0.6) is 0 Å². The Labute approximate surface area is 135 Å². The average molecular weight is 361 g/mol. The van der Waals surface area contributed by atoms with Gasteiger partial charge in [-0.1, -0.05) is 36.7 Å². The highest BCUT2D eigenvalue weighted by molar-refractivity contribution is 9.10. The molecule has 0 amide bonds. The van der Waals surface area contributed by atoms with E-state index < -0.39 is 0 Å². The van der Waals surface area contributed by atoms with E-state index in [9.17, 15) is 0 Å². The number of hydrogen-bond acceptors (Lipinski definition) is 3. The van der Waals surface area contributed by atoms with Crippen molar-refractivity contribution in [2.45, 2.75) is 33.9 Å². The lowest BCUT2D eigenvalue weighted by Gasteiger charge is -2.00. The second-order valence-electron chi connectivity index (χ2n) is 3.82. The van der Waals surface area contributed by atoms with Crippen LogP contribution in [0.25, 0.3) is 10.9 Å². The minimum Gasteiger partial charge on any atom is -0.359 e. The van der Waals surface area contributed by atoms with Crippen molar-refractivity contribution >= 4 is 38.6 Å². The van der Waals surface area contributed by atoms with Crippen molar-refractivity contribution in [2.24, 2.45) is 0 Å². The van der Waals surface area contributed by atoms with Gasteiger partial charge in [0.2, 0.25) is 0 Å². The number of hydrogen-bond donors (Lipinski definition) is 0. The van der Waals surface area contributed by atoms with Crippen molar-refractivity contribution < 1.29 is 4.74 Å². The predicted octanol–water partition coefficient (Wildman–Crippen LogP) is 5.19. The van der Waals surface area contributed by atoms with E-state index >= 15 is 0 Å². The van der Waals surface area contributed by atoms with Gasteiger partial charge in [-0.15, -0.1) is 0 Å². The number of fused-ring (bicyclic) bond motifs is 1. The minimum absolute atomic E-state index is 0.528. The highest BCUT2D eigenvalue weighted by Crippen LogP contribution is 2.18. The summed E-state index contributed by atoms with van der Waals surface area (Å²) >= 11 is 5.19. The Morgan fingerprint density at radius 2 is 1.95 bits per heavy atom. The summed E-state index contributed by atoms with van der Waals surface area (Å²) in [7, 11) is 0. The van der Waals surface area contributed by atoms with Crippen LogP contribution in [0, 0.1) is 0 Å². The molecule has 1 aromatic carbocycles. The molecule has 0 spiro atoms. The summed E-state index contributed by atoms with van der Waals surface area (Å²) in [6, 6.07) is 6.04. The average Bonchev–Trinajstić information content (AvgIpc) is 2.84. The lowest BCUT2D eigenvalue weighted by atomic mass is 10.3. The van der Waals surface area contributed by atoms with Crippen LogP contribution in [0.1, 0.15) is 27.2 Å². The van der Waals surface area contributed by atoms with Crippen LogP contribution in [-0.2, 0) is 11.5 Å². The van der Waals surface area contributed by atoms with Gasteiger partial charge in [0.05, 0.1) is 5.52 Å². The number of ether oxygens (including phenoxy) is 1. The van der Waals surface area contributed by atoms with Crippen molar-refractivity contribution in [3.63, 3.8) is 0 Å². The second-order valence-corrected chi connectivity index (χ2v) is 5.55. The number of thioether (sulfide) groups is 1. The van der Waals surface area contributed by atoms with Gasteiger partial charge in [0.15, 0.2) is 0 Å². The highest BCUT2D eigenvalue weighted by Gasteiger charge is 2.00. The molecule has 0 aliphatic rings. The smallest absolute Gasteiger partial charge is 0.139 e. The molecular weight excluding hydrogens is 336 g/mol. The summed E-state index contributed by atoms with van der Waals surface area (Å²) in [5.74, 6) is 0. The van der Waals surface area contributed by atoms with Crippen molar-refractivity contribution in [1.82, 2.24) is 9.78 Å². The van der Waals surface area contributed by atoms with E-state index in [1.54, 1.807) is 11.8 Å². The predicted molar refractivity (Wildman–Crippen MR) is 94.5 cm³/mol. The molecule has 0 saturated heterocycles. The van der Waals surface area contributed by atoms with Crippen molar-refractivity contribution in [1.29, 1.82) is 0 Å². The first-order chi connectivity index (χ1) is 9.71. The molecule has 0 unspecified atom stereocenters. The molecule has 0 aliphatic heterocycles. The van der Waals surface area contributed by atoms with Crippen LogP contribution in [0.3, 0.4) is 0 Å². The maximum absolute atomic E-state index is 5.42. The van der Waals surface area contributed by atoms with Gasteiger partial charge in [-0.05, 0) is 37.1 Å². The molecule has 0 radical (unpaired) electrons. The molecule has 3 nitrogen and oxygen atoms in total. The third-order valence-corrected chi connectivity index (χ3v) is 2.58. The fourth-order valence-corrected chi connectivity index (χ4v) is 1.79. The molecular formula is C15H25BrN2OS. The Hall–Kier alpha value is -0.520. The van der Waals surface area contributed by atoms with Crippen molar-refractivity contribution in [3.05, 3.63) is 28.9 Å². The molecule has 1 aromatic heterocycles. The largest absolute Gasteiger partial charge is 0.359 e. The van der Waals surface area contributed by atoms with E-state index in [0.717, 1.165) is 28.4 Å². The Bertz CT molecular complexity index is 474. The number of aromatic nitrogens is 2. The first-order valence-electron chi connectivity index (χ1n) is 6.81. The van der Waals surface area contributed by atoms with Crippen LogP contribution in [0.4, 0.5) is 0 Å². The summed E-state index contributed by atoms with van der Waals surface area (Å²) in [4.78, 5) is 0. The third kappa shape index (κ3) is 7.31. The second kappa shape index (κ2) is 12.2. The van der Waals surface area contributed by atoms with Gasteiger partial charge in [-0.3, -0.25) is 0 Å². The maximum atomic E-state index is 5.42. The standard InChI is InChI=1S/C11H13BrN2O.C2H6S.C2H6/c1-2-5-15-8-14-7-9-6-10(12)3-4-11(9)13-14;1-3-2;1-2/h3-4,6-7H,2,5,8H2,1H3;1-2H3;1-2H3. The third-order valence-electron chi connectivity index (χ3n) is 2.09. The first-order valence-corrected chi connectivity index (χ1v) is 9.24. The van der Waals surface area contributed by atoms with E-state index in [1.165, 1.54) is 0 Å². The molecule has 0 bridgehead atoms. The lowest BCUT2D eigenvalue weighted by molar-refractivity contribution is 0.0698. The van der Waals surface area contributed by atoms with E-state index in [-0.39, 0.29) is 0 Å². The van der Waals surface area contributed by atoms with Crippen LogP contribution >= 0.6 is 27.7 Å². The number of benzene rings is 1. The first kappa shape index (κ1) is 19.5. The van der Waals surface area contributed by atoms with Gasteiger partial charge in [0, 0.05) is 22.7 Å². The van der Waals surface area contributed by atoms with Gasteiger partial charge in [-0.25, -0.2) is 4.68 Å². The Kier molecular flexibility index (Phi) is 11.9. The zero-order valence-corrected chi connectivity index (χ0v) is 15.4. The van der Waals surface area contributed by atoms with Gasteiger partial charge >= 0.3 is 0 Å². The molecule has 0 atom stereocenters. The van der Waals surface area contributed by atoms with Crippen LogP contribution in [-0.4, -0.2) is 28.9 Å². The summed E-state index contributed by atoms with van der Waals surface area (Å²) < 4.78 is 8.32. The maximum Gasteiger partial charge on any atom is 0.139 e. The van der Waals surface area contributed by atoms with E-state index in [0.29, 0.717) is 6.73 Å². The number of halogens is 1. The van der Waals surface area contributed by atoms with Gasteiger partial charge in [0.1, 0.15) is 6.73 Å². The molecule has 0 aliphatic carbocycles. The topological polar surface area (TPSA) is 27.1 Å². The van der Waals surface area contributed by atoms with Gasteiger partial charge in [0.25, 0.3) is 0 Å².